The molecule has 3 heteroatoms. The summed E-state index contributed by atoms with van der Waals surface area (Å²) in [4.78, 5) is 11.9. The fourth-order valence-electron chi connectivity index (χ4n) is 1.83. The van der Waals surface area contributed by atoms with Crippen LogP contribution in [0.1, 0.15) is 43.8 Å². The van der Waals surface area contributed by atoms with Crippen LogP contribution in [-0.2, 0) is 11.2 Å². The van der Waals surface area contributed by atoms with Crippen molar-refractivity contribution in [2.24, 2.45) is 0 Å². The average Bonchev–Trinajstić information content (AvgIpc) is 2.85. The molecule has 1 aromatic carbocycles. The lowest BCUT2D eigenvalue weighted by Gasteiger charge is -2.19. The van der Waals surface area contributed by atoms with Gasteiger partial charge in [0.05, 0.1) is 5.56 Å². The molecule has 0 saturated heterocycles. The van der Waals surface area contributed by atoms with Crippen molar-refractivity contribution in [1.82, 2.24) is 0 Å². The third-order valence-electron chi connectivity index (χ3n) is 2.81. The number of rotatable bonds is 3. The van der Waals surface area contributed by atoms with Crippen LogP contribution in [0.15, 0.2) is 40.8 Å². The number of ether oxygens (including phenoxy) is 1. The molecule has 0 saturated carbocycles. The van der Waals surface area contributed by atoms with Crippen LogP contribution < -0.4 is 0 Å². The summed E-state index contributed by atoms with van der Waals surface area (Å²) in [6.07, 6.45) is 0.871. The Balaban J connectivity index is 2.15. The van der Waals surface area contributed by atoms with Crippen molar-refractivity contribution in [1.29, 1.82) is 0 Å². The number of hydrogen-bond acceptors (Lipinski definition) is 3. The molecule has 2 rings (SSSR count). The van der Waals surface area contributed by atoms with E-state index in [1.54, 1.807) is 12.1 Å². The Hall–Kier alpha value is -2.03. The van der Waals surface area contributed by atoms with Gasteiger partial charge < -0.3 is 9.15 Å². The summed E-state index contributed by atoms with van der Waals surface area (Å²) in [5.41, 5.74) is 1.02. The fraction of sp³-hybridized carbons (Fsp3) is 0.353. The molecule has 106 valence electrons. The summed E-state index contributed by atoms with van der Waals surface area (Å²) < 4.78 is 11.0. The zero-order chi connectivity index (χ0) is 14.8. The molecular formula is C17H20O3. The Morgan fingerprint density at radius 3 is 2.25 bits per heavy atom. The highest BCUT2D eigenvalue weighted by atomic mass is 16.6. The molecule has 0 amide bonds. The maximum absolute atomic E-state index is 11.9. The Kier molecular flexibility index (Phi) is 3.98. The predicted octanol–water partition coefficient (Wildman–Crippen LogP) is 4.46. The van der Waals surface area contributed by atoms with Crippen molar-refractivity contribution < 1.29 is 13.9 Å². The molecule has 0 radical (unpaired) electrons. The van der Waals surface area contributed by atoms with Crippen molar-refractivity contribution in [3.63, 3.8) is 0 Å². The highest BCUT2D eigenvalue weighted by molar-refractivity contribution is 5.90. The van der Waals surface area contributed by atoms with Gasteiger partial charge in [0.15, 0.2) is 0 Å². The van der Waals surface area contributed by atoms with E-state index in [0.717, 1.165) is 23.5 Å². The largest absolute Gasteiger partial charge is 0.461 e. The summed E-state index contributed by atoms with van der Waals surface area (Å²) in [6.45, 7) is 7.62. The van der Waals surface area contributed by atoms with Crippen LogP contribution in [-0.4, -0.2) is 11.6 Å². The van der Waals surface area contributed by atoms with E-state index in [1.807, 2.05) is 52.0 Å². The average molecular weight is 272 g/mol. The molecule has 0 aliphatic heterocycles. The summed E-state index contributed by atoms with van der Waals surface area (Å²) in [7, 11) is 0. The number of esters is 1. The number of furan rings is 1. The number of carbonyl (C=O) groups is 1. The lowest BCUT2D eigenvalue weighted by molar-refractivity contribution is 0.00695. The number of benzene rings is 1. The fourth-order valence-corrected chi connectivity index (χ4v) is 1.83. The first kappa shape index (κ1) is 14.4. The minimum atomic E-state index is -0.479. The molecule has 0 atom stereocenters. The van der Waals surface area contributed by atoms with Gasteiger partial charge in [0.2, 0.25) is 0 Å². The molecule has 1 heterocycles. The Bertz CT molecular complexity index is 585. The number of carbonyl (C=O) groups excluding carboxylic acids is 1. The van der Waals surface area contributed by atoms with Gasteiger partial charge in [-0.3, -0.25) is 0 Å². The van der Waals surface area contributed by atoms with E-state index in [0.29, 0.717) is 5.56 Å². The van der Waals surface area contributed by atoms with Crippen LogP contribution in [0.25, 0.3) is 11.3 Å². The molecule has 0 N–H and O–H groups in total. The van der Waals surface area contributed by atoms with Gasteiger partial charge in [-0.15, -0.1) is 0 Å². The molecule has 0 fully saturated rings. The van der Waals surface area contributed by atoms with E-state index in [-0.39, 0.29) is 5.97 Å². The van der Waals surface area contributed by atoms with Gasteiger partial charge in [-0.1, -0.05) is 19.1 Å². The second kappa shape index (κ2) is 5.53. The smallest absolute Gasteiger partial charge is 0.338 e. The van der Waals surface area contributed by atoms with Crippen LogP contribution in [0.4, 0.5) is 0 Å². The zero-order valence-corrected chi connectivity index (χ0v) is 12.4. The molecule has 0 spiro atoms. The van der Waals surface area contributed by atoms with Gasteiger partial charge in [-0.25, -0.2) is 4.79 Å². The maximum Gasteiger partial charge on any atom is 0.338 e. The Labute approximate surface area is 119 Å². The van der Waals surface area contributed by atoms with Crippen LogP contribution >= 0.6 is 0 Å². The topological polar surface area (TPSA) is 39.4 Å². The standard InChI is InChI=1S/C17H20O3/c1-5-14-10-11-15(19-14)12-6-8-13(9-7-12)16(18)20-17(2,3)4/h6-11H,5H2,1-4H3. The van der Waals surface area contributed by atoms with Crippen LogP contribution in [0.2, 0.25) is 0 Å². The molecule has 0 aliphatic rings. The van der Waals surface area contributed by atoms with E-state index in [9.17, 15) is 4.79 Å². The first-order chi connectivity index (χ1) is 9.39. The third kappa shape index (κ3) is 3.50. The van der Waals surface area contributed by atoms with Crippen LogP contribution in [0, 0.1) is 0 Å². The van der Waals surface area contributed by atoms with Gasteiger partial charge in [0.25, 0.3) is 0 Å². The van der Waals surface area contributed by atoms with Crippen molar-refractivity contribution >= 4 is 5.97 Å². The van der Waals surface area contributed by atoms with Crippen molar-refractivity contribution in [3.8, 4) is 11.3 Å². The number of aryl methyl sites for hydroxylation is 1. The molecule has 2 aromatic rings. The molecular weight excluding hydrogens is 252 g/mol. The summed E-state index contributed by atoms with van der Waals surface area (Å²) in [5.74, 6) is 1.46. The van der Waals surface area contributed by atoms with Crippen molar-refractivity contribution in [2.75, 3.05) is 0 Å². The first-order valence-corrected chi connectivity index (χ1v) is 6.81. The second-order valence-electron chi connectivity index (χ2n) is 5.70. The predicted molar refractivity (Wildman–Crippen MR) is 78.7 cm³/mol. The lowest BCUT2D eigenvalue weighted by Crippen LogP contribution is -2.23. The Morgan fingerprint density at radius 1 is 1.10 bits per heavy atom. The lowest BCUT2D eigenvalue weighted by atomic mass is 10.1. The van der Waals surface area contributed by atoms with E-state index in [4.69, 9.17) is 9.15 Å². The quantitative estimate of drug-likeness (QED) is 0.774. The SMILES string of the molecule is CCc1ccc(-c2ccc(C(=O)OC(C)(C)C)cc2)o1. The van der Waals surface area contributed by atoms with E-state index >= 15 is 0 Å². The molecule has 1 aromatic heterocycles. The first-order valence-electron chi connectivity index (χ1n) is 6.81. The van der Waals surface area contributed by atoms with E-state index in [1.165, 1.54) is 0 Å². The minimum Gasteiger partial charge on any atom is -0.461 e. The second-order valence-corrected chi connectivity index (χ2v) is 5.70. The van der Waals surface area contributed by atoms with E-state index < -0.39 is 5.60 Å². The number of hydrogen-bond donors (Lipinski definition) is 0. The zero-order valence-electron chi connectivity index (χ0n) is 12.4. The third-order valence-corrected chi connectivity index (χ3v) is 2.81. The molecule has 0 unspecified atom stereocenters. The molecule has 0 bridgehead atoms. The minimum absolute atomic E-state index is 0.308. The van der Waals surface area contributed by atoms with Crippen molar-refractivity contribution in [3.05, 3.63) is 47.7 Å². The molecule has 0 aliphatic carbocycles. The Morgan fingerprint density at radius 2 is 1.75 bits per heavy atom. The molecule has 3 nitrogen and oxygen atoms in total. The monoisotopic (exact) mass is 272 g/mol. The normalized spacial score (nSPS) is 11.4. The molecule has 20 heavy (non-hydrogen) atoms. The summed E-state index contributed by atoms with van der Waals surface area (Å²) >= 11 is 0. The van der Waals surface area contributed by atoms with Crippen LogP contribution in [0.5, 0.6) is 0 Å². The van der Waals surface area contributed by atoms with Gasteiger partial charge in [0.1, 0.15) is 17.1 Å². The summed E-state index contributed by atoms with van der Waals surface area (Å²) in [5, 5.41) is 0. The summed E-state index contributed by atoms with van der Waals surface area (Å²) in [6, 6.07) is 11.2. The highest BCUT2D eigenvalue weighted by Crippen LogP contribution is 2.23. The maximum atomic E-state index is 11.9. The van der Waals surface area contributed by atoms with Gasteiger partial charge in [0, 0.05) is 12.0 Å². The van der Waals surface area contributed by atoms with Gasteiger partial charge in [-0.2, -0.15) is 0 Å². The van der Waals surface area contributed by atoms with Gasteiger partial charge in [-0.05, 0) is 45.0 Å². The van der Waals surface area contributed by atoms with Crippen molar-refractivity contribution in [2.45, 2.75) is 39.7 Å². The highest BCUT2D eigenvalue weighted by Gasteiger charge is 2.17. The van der Waals surface area contributed by atoms with Gasteiger partial charge >= 0.3 is 5.97 Å². The van der Waals surface area contributed by atoms with Crippen LogP contribution in [0.3, 0.4) is 0 Å². The van der Waals surface area contributed by atoms with E-state index in [2.05, 4.69) is 0 Å².